The Balaban J connectivity index is 1.34. The van der Waals surface area contributed by atoms with Gasteiger partial charge in [0.2, 0.25) is 5.91 Å². The van der Waals surface area contributed by atoms with Crippen molar-refractivity contribution in [3.63, 3.8) is 0 Å². The Morgan fingerprint density at radius 3 is 0.906 bits per heavy atom. The summed E-state index contributed by atoms with van der Waals surface area (Å²) in [7, 11) is 0. The molecule has 0 aromatic rings. The van der Waals surface area contributed by atoms with Gasteiger partial charge in [0.15, 0.2) is 18.9 Å². The molecular formula is C98H167NO18. The molecule has 0 aromatic heterocycles. The average molecular weight is 1650 g/mol. The number of nitrogens with one attached hydrogen (secondary N) is 1. The zero-order chi connectivity index (χ0) is 84.5. The van der Waals surface area contributed by atoms with Crippen molar-refractivity contribution in [2.75, 3.05) is 26.4 Å². The van der Waals surface area contributed by atoms with Crippen LogP contribution in [0.4, 0.5) is 0 Å². The first kappa shape index (κ1) is 107. The molecule has 3 fully saturated rings. The fourth-order valence-electron chi connectivity index (χ4n) is 14.8. The number of hydrogen-bond acceptors (Lipinski definition) is 18. The highest BCUT2D eigenvalue weighted by Crippen LogP contribution is 2.34. The van der Waals surface area contributed by atoms with E-state index < -0.39 is 124 Å². The first-order chi connectivity index (χ1) is 57.3. The maximum Gasteiger partial charge on any atom is 0.220 e. The van der Waals surface area contributed by atoms with Gasteiger partial charge in [-0.1, -0.05) is 372 Å². The number of aliphatic hydroxyl groups is 11. The molecule has 672 valence electrons. The van der Waals surface area contributed by atoms with E-state index in [1.54, 1.807) is 0 Å². The van der Waals surface area contributed by atoms with Crippen LogP contribution in [0.2, 0.25) is 0 Å². The molecule has 3 aliphatic rings. The van der Waals surface area contributed by atoms with E-state index in [-0.39, 0.29) is 18.9 Å². The van der Waals surface area contributed by atoms with Gasteiger partial charge in [-0.3, -0.25) is 4.79 Å². The van der Waals surface area contributed by atoms with Crippen molar-refractivity contribution >= 4 is 5.91 Å². The number of carbonyl (C=O) groups excluding carboxylic acids is 1. The first-order valence-corrected chi connectivity index (χ1v) is 46.6. The number of amides is 1. The molecular weight excluding hydrogens is 1480 g/mol. The van der Waals surface area contributed by atoms with Crippen LogP contribution in [0.25, 0.3) is 0 Å². The lowest BCUT2D eigenvalue weighted by Gasteiger charge is -2.48. The molecule has 0 saturated carbocycles. The minimum absolute atomic E-state index is 0.202. The van der Waals surface area contributed by atoms with E-state index in [1.165, 1.54) is 186 Å². The van der Waals surface area contributed by atoms with Crippen LogP contribution in [-0.2, 0) is 33.2 Å². The number of ether oxygens (including phenoxy) is 6. The molecule has 0 radical (unpaired) electrons. The zero-order valence-corrected chi connectivity index (χ0v) is 72.6. The molecule has 17 atom stereocenters. The molecule has 0 aliphatic carbocycles. The summed E-state index contributed by atoms with van der Waals surface area (Å²) in [5.41, 5.74) is 0. The van der Waals surface area contributed by atoms with E-state index in [9.17, 15) is 61.0 Å². The lowest BCUT2D eigenvalue weighted by Crippen LogP contribution is -2.66. The highest BCUT2D eigenvalue weighted by atomic mass is 16.8. The number of rotatable bonds is 74. The molecule has 3 rings (SSSR count). The number of hydrogen-bond donors (Lipinski definition) is 12. The first-order valence-electron chi connectivity index (χ1n) is 46.6. The molecule has 0 bridgehead atoms. The molecule has 0 spiro atoms. The Bertz CT molecular complexity index is 2680. The maximum atomic E-state index is 13.5. The van der Waals surface area contributed by atoms with Crippen LogP contribution in [0, 0.1) is 0 Å². The Labute approximate surface area is 708 Å². The second-order valence-corrected chi connectivity index (χ2v) is 32.4. The quantitative estimate of drug-likeness (QED) is 0.0199. The Morgan fingerprint density at radius 1 is 0.316 bits per heavy atom. The van der Waals surface area contributed by atoms with Crippen LogP contribution in [0.5, 0.6) is 0 Å². The van der Waals surface area contributed by atoms with Crippen LogP contribution in [-0.4, -0.2) is 193 Å². The van der Waals surface area contributed by atoms with Crippen LogP contribution in [0.1, 0.15) is 335 Å². The van der Waals surface area contributed by atoms with E-state index in [0.717, 1.165) is 109 Å². The molecule has 0 aromatic carbocycles. The van der Waals surface area contributed by atoms with E-state index in [1.807, 2.05) is 0 Å². The van der Waals surface area contributed by atoms with Crippen molar-refractivity contribution in [2.45, 2.75) is 439 Å². The van der Waals surface area contributed by atoms with Crippen LogP contribution in [0.15, 0.2) is 146 Å². The van der Waals surface area contributed by atoms with Gasteiger partial charge in [-0.25, -0.2) is 0 Å². The van der Waals surface area contributed by atoms with Crippen molar-refractivity contribution < 1.29 is 89.4 Å². The van der Waals surface area contributed by atoms with Crippen LogP contribution in [0.3, 0.4) is 0 Å². The summed E-state index contributed by atoms with van der Waals surface area (Å²) in [5.74, 6) is -0.287. The molecule has 17 unspecified atom stereocenters. The van der Waals surface area contributed by atoms with Gasteiger partial charge in [0.05, 0.1) is 38.6 Å². The lowest BCUT2D eigenvalue weighted by molar-refractivity contribution is -0.379. The van der Waals surface area contributed by atoms with E-state index in [0.29, 0.717) is 19.3 Å². The van der Waals surface area contributed by atoms with Gasteiger partial charge >= 0.3 is 0 Å². The third-order valence-corrected chi connectivity index (χ3v) is 22.2. The van der Waals surface area contributed by atoms with Gasteiger partial charge in [-0.2, -0.15) is 0 Å². The van der Waals surface area contributed by atoms with Crippen LogP contribution >= 0.6 is 0 Å². The average Bonchev–Trinajstić information content (AvgIpc) is 0.777. The van der Waals surface area contributed by atoms with Crippen molar-refractivity contribution in [2.24, 2.45) is 0 Å². The van der Waals surface area contributed by atoms with Crippen molar-refractivity contribution in [1.82, 2.24) is 5.32 Å². The second-order valence-electron chi connectivity index (χ2n) is 32.4. The summed E-state index contributed by atoms with van der Waals surface area (Å²) >= 11 is 0. The highest BCUT2D eigenvalue weighted by molar-refractivity contribution is 5.76. The standard InChI is InChI=1S/C98H167NO18/c1-3-5-7-9-11-13-15-17-19-21-23-25-27-29-31-33-35-37-38-39-40-41-42-44-46-48-50-52-54-56-58-60-62-64-66-68-70-72-74-76-86(104)99-81(82(103)75-73-71-69-67-65-63-61-59-57-55-53-51-49-47-45-43-36-34-32-30-28-26-24-22-20-18-16-14-12-10-8-6-4-2)80-112-96-92(110)89(107)94(84(78-101)114-96)117-98-93(111)90(108)95(85(79-102)115-98)116-97-91(109)88(106)87(105)83(77-100)113-97/h5,7,11,13,17,19,23,25,29,31,35,37,39-40,42,44,48,50,54,56,60,62,66,68,81-85,87-98,100-103,105-111H,3-4,6,8-10,12,14-16,18,20-22,24,26-28,30,32-34,36,38,41,43,45-47,49,51-53,55,57-59,61,63-65,67,69-80H2,1-2H3,(H,99,104)/b7-5-,13-11-,19-17-,25-23-,31-29-,37-35-,40-39-,44-42-,50-48-,56-54-,62-60-,68-66-. The second kappa shape index (κ2) is 75.4. The fraction of sp³-hybridized carbons (Fsp3) is 0.745. The number of aliphatic hydroxyl groups excluding tert-OH is 11. The summed E-state index contributed by atoms with van der Waals surface area (Å²) in [6, 6.07) is -0.925. The van der Waals surface area contributed by atoms with Gasteiger partial charge in [-0.05, 0) is 103 Å². The predicted octanol–water partition coefficient (Wildman–Crippen LogP) is 18.5. The van der Waals surface area contributed by atoms with Gasteiger partial charge in [0.1, 0.15) is 73.2 Å². The Morgan fingerprint density at radius 2 is 0.590 bits per heavy atom. The van der Waals surface area contributed by atoms with Gasteiger partial charge in [-0.15, -0.1) is 0 Å². The minimum atomic E-state index is -1.99. The number of carbonyl (C=O) groups is 1. The van der Waals surface area contributed by atoms with Gasteiger partial charge in [0.25, 0.3) is 0 Å². The van der Waals surface area contributed by atoms with Gasteiger partial charge in [0, 0.05) is 6.42 Å². The lowest BCUT2D eigenvalue weighted by atomic mass is 9.96. The summed E-state index contributed by atoms with van der Waals surface area (Å²) in [5, 5.41) is 121. The fourth-order valence-corrected chi connectivity index (χ4v) is 14.8. The third-order valence-electron chi connectivity index (χ3n) is 22.2. The number of allylic oxidation sites excluding steroid dienone is 24. The highest BCUT2D eigenvalue weighted by Gasteiger charge is 2.54. The largest absolute Gasteiger partial charge is 0.394 e. The molecule has 3 heterocycles. The summed E-state index contributed by atoms with van der Waals surface area (Å²) < 4.78 is 34.6. The van der Waals surface area contributed by atoms with E-state index >= 15 is 0 Å². The Kier molecular flexibility index (Phi) is 68.9. The molecule has 3 aliphatic heterocycles. The SMILES string of the molecule is CC/C=C\C/C=C\C/C=C\C/C=C\C/C=C\C/C=C\C/C=C\C/C=C\C/C=C\C/C=C\C/C=C\C/C=C\CCCCC(=O)NC(COC1OC(CO)C(OC2OC(CO)C(OC3OC(CO)C(O)C(O)C3O)C(O)C2O)C(O)C1O)C(O)CCCCCCCCCCCCCCCCCCCCCCCCCCCCCCCCCCC. The molecule has 1 amide bonds. The predicted molar refractivity (Wildman–Crippen MR) is 475 cm³/mol. The normalized spacial score (nSPS) is 25.1. The molecule has 117 heavy (non-hydrogen) atoms. The van der Waals surface area contributed by atoms with Crippen molar-refractivity contribution in [3.05, 3.63) is 146 Å². The van der Waals surface area contributed by atoms with Gasteiger partial charge < -0.3 is 89.9 Å². The summed E-state index contributed by atoms with van der Waals surface area (Å²) in [6.07, 6.45) is 83.9. The monoisotopic (exact) mass is 1650 g/mol. The molecule has 12 N–H and O–H groups in total. The van der Waals surface area contributed by atoms with Crippen molar-refractivity contribution in [3.8, 4) is 0 Å². The smallest absolute Gasteiger partial charge is 0.220 e. The summed E-state index contributed by atoms with van der Waals surface area (Å²) in [6.45, 7) is 1.69. The molecule has 19 heteroatoms. The van der Waals surface area contributed by atoms with Crippen LogP contribution < -0.4 is 5.32 Å². The van der Waals surface area contributed by atoms with E-state index in [4.69, 9.17) is 28.4 Å². The molecule has 19 nitrogen and oxygen atoms in total. The third kappa shape index (κ3) is 53.3. The maximum absolute atomic E-state index is 13.5. The van der Waals surface area contributed by atoms with Crippen molar-refractivity contribution in [1.29, 1.82) is 0 Å². The summed E-state index contributed by atoms with van der Waals surface area (Å²) in [4.78, 5) is 13.5. The zero-order valence-electron chi connectivity index (χ0n) is 72.6. The Hall–Kier alpha value is -4.33. The molecule has 3 saturated heterocycles. The topological polar surface area (TPSA) is 307 Å². The minimum Gasteiger partial charge on any atom is -0.394 e. The number of unbranched alkanes of at least 4 members (excludes halogenated alkanes) is 34. The van der Waals surface area contributed by atoms with E-state index in [2.05, 4.69) is 165 Å².